The van der Waals surface area contributed by atoms with Gasteiger partial charge in [-0.05, 0) is 18.3 Å². The average Bonchev–Trinajstić information content (AvgIpc) is 2.79. The van der Waals surface area contributed by atoms with Crippen LogP contribution >= 0.6 is 7.60 Å². The van der Waals surface area contributed by atoms with E-state index in [0.717, 1.165) is 0 Å². The topological polar surface area (TPSA) is 136 Å². The Kier molecular flexibility index (Phi) is 13.4. The SMILES string of the molecule is O=P([O-])([O-])CCC(F)(F)C(F)(F)C(F)(F)C(F)(F)C(F)(F)C(F)(F)C=CC(F)(F)C(F)(F)C(F)(F)C(F)(F)C(F)(F)C(F)(F)F.[NH4+].[NH4+]. The molecule has 0 spiro atoms. The van der Waals surface area contributed by atoms with E-state index in [0.29, 0.717) is 0 Å². The van der Waals surface area contributed by atoms with E-state index in [2.05, 4.69) is 0 Å². The molecule has 0 saturated heterocycles. The first-order chi connectivity index (χ1) is 18.9. The zero-order chi connectivity index (χ0) is 37.3. The third kappa shape index (κ3) is 7.48. The highest BCUT2D eigenvalue weighted by molar-refractivity contribution is 7.48. The molecule has 286 valence electrons. The molecule has 0 radical (unpaired) electrons. The van der Waals surface area contributed by atoms with E-state index >= 15 is 0 Å². The standard InChI is InChI=1S/C16H8F25O3P.2H3N/c17-5(18,1-2-6(19,20)9(25,26)13(33,34)14(35,36)15(37,38)16(39,40)41)8(23,24)11(29,30)12(31,32)10(27,28)7(21,22)3-4-45(42,43)44;;/h1-2H,3-4H2,(H2,42,43,44);2*1H3. The maximum Gasteiger partial charge on any atom is 0.460 e. The Morgan fingerprint density at radius 2 is 0.638 bits per heavy atom. The highest BCUT2D eigenvalue weighted by atomic mass is 31.2. The predicted octanol–water partition coefficient (Wildman–Crippen LogP) is 8.15. The Morgan fingerprint density at radius 1 is 0.404 bits per heavy atom. The molecule has 8 N–H and O–H groups in total. The molecule has 0 aliphatic carbocycles. The monoisotopic (exact) mass is 788 g/mol. The fourth-order valence-electron chi connectivity index (χ4n) is 2.47. The van der Waals surface area contributed by atoms with E-state index in [1.165, 1.54) is 0 Å². The summed E-state index contributed by atoms with van der Waals surface area (Å²) in [6.45, 7) is 0. The first-order valence-electron chi connectivity index (χ1n) is 9.85. The lowest BCUT2D eigenvalue weighted by molar-refractivity contribution is -0.436. The van der Waals surface area contributed by atoms with Crippen LogP contribution in [0.3, 0.4) is 0 Å². The summed E-state index contributed by atoms with van der Waals surface area (Å²) in [5, 5.41) is 0. The van der Waals surface area contributed by atoms with Gasteiger partial charge in [0, 0.05) is 6.42 Å². The molecule has 0 unspecified atom stereocenters. The molecule has 0 aromatic heterocycles. The molecular weight excluding hydrogens is 774 g/mol. The summed E-state index contributed by atoms with van der Waals surface area (Å²) in [7, 11) is -6.42. The van der Waals surface area contributed by atoms with Crippen LogP contribution in [-0.2, 0) is 4.57 Å². The number of quaternary nitrogens is 2. The zero-order valence-corrected chi connectivity index (χ0v) is 22.6. The van der Waals surface area contributed by atoms with Gasteiger partial charge < -0.3 is 26.7 Å². The molecular formula is C16H14F25N2O3P. The second kappa shape index (κ2) is 12.7. The average molecular weight is 788 g/mol. The van der Waals surface area contributed by atoms with E-state index < -0.39 is 104 Å². The molecule has 0 aliphatic heterocycles. The molecule has 47 heavy (non-hydrogen) atoms. The largest absolute Gasteiger partial charge is 0.811 e. The van der Waals surface area contributed by atoms with E-state index in [-0.39, 0.29) is 12.3 Å². The summed E-state index contributed by atoms with van der Waals surface area (Å²) in [4.78, 5) is 20.4. The Balaban J connectivity index is -0.00000968. The fraction of sp³-hybridized carbons (Fsp3) is 0.875. The smallest absolute Gasteiger partial charge is 0.460 e. The van der Waals surface area contributed by atoms with Crippen molar-refractivity contribution in [3.05, 3.63) is 12.2 Å². The van der Waals surface area contributed by atoms with Crippen molar-refractivity contribution < 1.29 is 124 Å². The van der Waals surface area contributed by atoms with Crippen molar-refractivity contribution >= 4 is 7.60 Å². The fourth-order valence-corrected chi connectivity index (χ4v) is 3.02. The number of rotatable bonds is 14. The van der Waals surface area contributed by atoms with E-state index in [4.69, 9.17) is 0 Å². The normalized spacial score (nSPS) is 16.2. The number of halogens is 25. The summed E-state index contributed by atoms with van der Waals surface area (Å²) in [6, 6.07) is 0. The quantitative estimate of drug-likeness (QED) is 0.105. The third-order valence-electron chi connectivity index (χ3n) is 5.22. The summed E-state index contributed by atoms with van der Waals surface area (Å²) in [5.74, 6) is -91.2. The Bertz CT molecular complexity index is 1160. The zero-order valence-electron chi connectivity index (χ0n) is 21.7. The van der Waals surface area contributed by atoms with Gasteiger partial charge in [-0.1, -0.05) is 7.60 Å². The van der Waals surface area contributed by atoms with E-state index in [1.54, 1.807) is 0 Å². The summed E-state index contributed by atoms with van der Waals surface area (Å²) >= 11 is 0. The maximum absolute atomic E-state index is 13.7. The highest BCUT2D eigenvalue weighted by Crippen LogP contribution is 2.63. The van der Waals surface area contributed by atoms with Crippen LogP contribution in [-0.4, -0.2) is 77.5 Å². The van der Waals surface area contributed by atoms with Crippen LogP contribution in [0.5, 0.6) is 0 Å². The van der Waals surface area contributed by atoms with Crippen LogP contribution in [0.1, 0.15) is 6.42 Å². The molecule has 0 atom stereocenters. The Morgan fingerprint density at radius 3 is 0.872 bits per heavy atom. The number of alkyl halides is 25. The van der Waals surface area contributed by atoms with Crippen molar-refractivity contribution in [3.8, 4) is 0 Å². The molecule has 0 fully saturated rings. The van der Waals surface area contributed by atoms with Gasteiger partial charge in [0.2, 0.25) is 0 Å². The lowest BCUT2D eigenvalue weighted by Gasteiger charge is -2.41. The molecule has 0 aromatic rings. The van der Waals surface area contributed by atoms with Crippen molar-refractivity contribution in [3.63, 3.8) is 0 Å². The Hall–Kier alpha value is -1.94. The van der Waals surface area contributed by atoms with Crippen molar-refractivity contribution in [1.82, 2.24) is 12.3 Å². The van der Waals surface area contributed by atoms with Gasteiger partial charge in [-0.15, -0.1) is 0 Å². The summed E-state index contributed by atoms with van der Waals surface area (Å²) < 4.78 is 341. The van der Waals surface area contributed by atoms with Crippen molar-refractivity contribution in [1.29, 1.82) is 0 Å². The van der Waals surface area contributed by atoms with Gasteiger partial charge in [0.25, 0.3) is 0 Å². The minimum atomic E-state index is -8.77. The molecule has 0 aromatic carbocycles. The number of allylic oxidation sites excluding steroid dienone is 2. The van der Waals surface area contributed by atoms with Crippen molar-refractivity contribution in [2.24, 2.45) is 0 Å². The van der Waals surface area contributed by atoms with Crippen LogP contribution in [0.2, 0.25) is 0 Å². The highest BCUT2D eigenvalue weighted by Gasteiger charge is 2.92. The minimum Gasteiger partial charge on any atom is -0.811 e. The van der Waals surface area contributed by atoms with Crippen LogP contribution in [0.25, 0.3) is 0 Å². The number of hydrogen-bond acceptors (Lipinski definition) is 3. The first-order valence-corrected chi connectivity index (χ1v) is 11.6. The van der Waals surface area contributed by atoms with E-state index in [1.807, 2.05) is 0 Å². The number of hydrogen-bond donors (Lipinski definition) is 2. The van der Waals surface area contributed by atoms with Crippen LogP contribution in [0, 0.1) is 0 Å². The minimum absolute atomic E-state index is 0. The molecule has 0 aliphatic rings. The van der Waals surface area contributed by atoms with Gasteiger partial charge in [0.1, 0.15) is 0 Å². The summed E-state index contributed by atoms with van der Waals surface area (Å²) in [6.07, 6.45) is -20.3. The van der Waals surface area contributed by atoms with Gasteiger partial charge in [0.15, 0.2) is 0 Å². The second-order valence-electron chi connectivity index (χ2n) is 8.46. The lowest BCUT2D eigenvalue weighted by atomic mass is 9.89. The predicted molar refractivity (Wildman–Crippen MR) is 98.7 cm³/mol. The summed E-state index contributed by atoms with van der Waals surface area (Å²) in [5.41, 5.74) is 0. The molecule has 0 rings (SSSR count). The molecule has 31 heteroatoms. The van der Waals surface area contributed by atoms with Gasteiger partial charge in [-0.2, -0.15) is 110 Å². The first kappa shape index (κ1) is 49.4. The van der Waals surface area contributed by atoms with Gasteiger partial charge in [0.05, 0.1) is 0 Å². The molecule has 0 bridgehead atoms. The van der Waals surface area contributed by atoms with Crippen LogP contribution in [0.15, 0.2) is 12.2 Å². The van der Waals surface area contributed by atoms with Gasteiger partial charge in [-0.3, -0.25) is 0 Å². The van der Waals surface area contributed by atoms with Crippen molar-refractivity contribution in [2.75, 3.05) is 6.16 Å². The maximum atomic E-state index is 13.7. The van der Waals surface area contributed by atoms with Crippen LogP contribution in [0.4, 0.5) is 110 Å². The van der Waals surface area contributed by atoms with Gasteiger partial charge in [-0.25, -0.2) is 0 Å². The van der Waals surface area contributed by atoms with Gasteiger partial charge >= 0.3 is 71.3 Å². The Labute approximate surface area is 241 Å². The van der Waals surface area contributed by atoms with Crippen LogP contribution < -0.4 is 22.1 Å². The van der Waals surface area contributed by atoms with E-state index in [9.17, 15) is 124 Å². The second-order valence-corrected chi connectivity index (χ2v) is 10.1. The lowest BCUT2D eigenvalue weighted by Crippen LogP contribution is -2.70. The van der Waals surface area contributed by atoms with Crippen molar-refractivity contribution in [2.45, 2.75) is 77.7 Å². The molecule has 0 saturated carbocycles. The molecule has 5 nitrogen and oxygen atoms in total. The third-order valence-corrected chi connectivity index (χ3v) is 5.99. The molecule has 0 heterocycles. The molecule has 0 amide bonds.